The normalized spacial score (nSPS) is 13.6. The van der Waals surface area contributed by atoms with Crippen molar-refractivity contribution < 1.29 is 0 Å². The molecule has 0 aromatic carbocycles. The molecule has 4 N–H and O–H groups in total. The number of fused-ring (bicyclic) bond motifs is 1. The van der Waals surface area contributed by atoms with Crippen LogP contribution in [-0.4, -0.2) is 9.97 Å². The van der Waals surface area contributed by atoms with Crippen molar-refractivity contribution in [3.63, 3.8) is 0 Å². The van der Waals surface area contributed by atoms with E-state index < -0.39 is 0 Å². The Morgan fingerprint density at radius 1 is 1.23 bits per heavy atom. The second-order valence-electron chi connectivity index (χ2n) is 2.86. The molecular formula is C7H14Cl2N4. The molecule has 6 heteroatoms. The van der Waals surface area contributed by atoms with Gasteiger partial charge in [0, 0.05) is 5.69 Å². The number of aryl methyl sites for hydroxylation is 2. The van der Waals surface area contributed by atoms with E-state index in [9.17, 15) is 0 Å². The van der Waals surface area contributed by atoms with Gasteiger partial charge in [-0.2, -0.15) is 0 Å². The van der Waals surface area contributed by atoms with Gasteiger partial charge in [0.05, 0.1) is 5.69 Å². The number of imidazole rings is 1. The minimum absolute atomic E-state index is 0. The zero-order chi connectivity index (χ0) is 7.68. The Hall–Kier alpha value is -0.450. The van der Waals surface area contributed by atoms with E-state index in [4.69, 9.17) is 5.84 Å². The zero-order valence-corrected chi connectivity index (χ0v) is 8.80. The molecule has 13 heavy (non-hydrogen) atoms. The molecule has 76 valence electrons. The Labute approximate surface area is 89.5 Å². The number of aromatic nitrogens is 2. The minimum atomic E-state index is 0. The lowest BCUT2D eigenvalue weighted by atomic mass is 10.0. The van der Waals surface area contributed by atoms with Crippen molar-refractivity contribution in [2.24, 2.45) is 5.84 Å². The van der Waals surface area contributed by atoms with E-state index in [2.05, 4.69) is 15.4 Å². The molecule has 1 aromatic rings. The van der Waals surface area contributed by atoms with Gasteiger partial charge in [-0.15, -0.1) is 24.8 Å². The van der Waals surface area contributed by atoms with Crippen LogP contribution in [0.4, 0.5) is 5.95 Å². The molecule has 1 aliphatic carbocycles. The van der Waals surface area contributed by atoms with E-state index in [1.165, 1.54) is 24.2 Å². The van der Waals surface area contributed by atoms with Crippen molar-refractivity contribution >= 4 is 30.8 Å². The van der Waals surface area contributed by atoms with Gasteiger partial charge in [-0.1, -0.05) is 0 Å². The van der Waals surface area contributed by atoms with E-state index in [1.807, 2.05) is 0 Å². The van der Waals surface area contributed by atoms with Crippen molar-refractivity contribution in [3.05, 3.63) is 11.4 Å². The predicted octanol–water partition coefficient (Wildman–Crippen LogP) is 1.42. The number of halogens is 2. The maximum Gasteiger partial charge on any atom is 0.215 e. The summed E-state index contributed by atoms with van der Waals surface area (Å²) in [4.78, 5) is 7.41. The Bertz CT molecular complexity index is 237. The summed E-state index contributed by atoms with van der Waals surface area (Å²) < 4.78 is 0. The van der Waals surface area contributed by atoms with Gasteiger partial charge in [0.15, 0.2) is 0 Å². The highest BCUT2D eigenvalue weighted by Gasteiger charge is 2.13. The Balaban J connectivity index is 0.000000720. The number of hydrazine groups is 1. The molecular weight excluding hydrogens is 211 g/mol. The van der Waals surface area contributed by atoms with E-state index in [-0.39, 0.29) is 24.8 Å². The van der Waals surface area contributed by atoms with Crippen molar-refractivity contribution in [1.29, 1.82) is 0 Å². The van der Waals surface area contributed by atoms with E-state index in [1.54, 1.807) is 0 Å². The van der Waals surface area contributed by atoms with Crippen LogP contribution in [0.15, 0.2) is 0 Å². The smallest absolute Gasteiger partial charge is 0.215 e. The SMILES string of the molecule is Cl.Cl.NNc1nc2c([nH]1)CCCC2. The first kappa shape index (κ1) is 12.6. The molecule has 1 aromatic heterocycles. The fourth-order valence-corrected chi connectivity index (χ4v) is 1.52. The quantitative estimate of drug-likeness (QED) is 0.500. The molecule has 0 unspecified atom stereocenters. The fraction of sp³-hybridized carbons (Fsp3) is 0.571. The van der Waals surface area contributed by atoms with Crippen LogP contribution in [0.25, 0.3) is 0 Å². The number of H-pyrrole nitrogens is 1. The molecule has 0 saturated carbocycles. The molecule has 2 rings (SSSR count). The molecule has 0 radical (unpaired) electrons. The first-order valence-electron chi connectivity index (χ1n) is 3.94. The topological polar surface area (TPSA) is 66.7 Å². The molecule has 1 heterocycles. The number of rotatable bonds is 1. The van der Waals surface area contributed by atoms with Gasteiger partial charge in [0.1, 0.15) is 0 Å². The largest absolute Gasteiger partial charge is 0.327 e. The van der Waals surface area contributed by atoms with Crippen LogP contribution in [0.1, 0.15) is 24.2 Å². The minimum Gasteiger partial charge on any atom is -0.327 e. The molecule has 0 aliphatic heterocycles. The predicted molar refractivity (Wildman–Crippen MR) is 57.5 cm³/mol. The molecule has 0 amide bonds. The van der Waals surface area contributed by atoms with Crippen LogP contribution in [0.5, 0.6) is 0 Å². The number of anilines is 1. The van der Waals surface area contributed by atoms with E-state index >= 15 is 0 Å². The molecule has 0 atom stereocenters. The van der Waals surface area contributed by atoms with Gasteiger partial charge in [-0.25, -0.2) is 10.8 Å². The van der Waals surface area contributed by atoms with E-state index in [0.29, 0.717) is 5.95 Å². The number of hydrogen-bond acceptors (Lipinski definition) is 3. The molecule has 0 fully saturated rings. The zero-order valence-electron chi connectivity index (χ0n) is 7.17. The summed E-state index contributed by atoms with van der Waals surface area (Å²) in [6.07, 6.45) is 4.72. The van der Waals surface area contributed by atoms with Gasteiger partial charge in [0.25, 0.3) is 0 Å². The maximum atomic E-state index is 5.22. The fourth-order valence-electron chi connectivity index (χ4n) is 1.52. The molecule has 0 bridgehead atoms. The van der Waals surface area contributed by atoms with Crippen LogP contribution in [0.2, 0.25) is 0 Å². The number of nitrogens with zero attached hydrogens (tertiary/aromatic N) is 1. The Morgan fingerprint density at radius 3 is 2.54 bits per heavy atom. The third-order valence-corrected chi connectivity index (χ3v) is 2.09. The van der Waals surface area contributed by atoms with Gasteiger partial charge >= 0.3 is 0 Å². The maximum absolute atomic E-state index is 5.22. The van der Waals surface area contributed by atoms with Crippen LogP contribution in [-0.2, 0) is 12.8 Å². The third-order valence-electron chi connectivity index (χ3n) is 2.09. The van der Waals surface area contributed by atoms with Gasteiger partial charge in [-0.05, 0) is 25.7 Å². The summed E-state index contributed by atoms with van der Waals surface area (Å²) in [6, 6.07) is 0. The van der Waals surface area contributed by atoms with Crippen LogP contribution >= 0.6 is 24.8 Å². The highest BCUT2D eigenvalue weighted by atomic mass is 35.5. The Morgan fingerprint density at radius 2 is 1.92 bits per heavy atom. The first-order chi connectivity index (χ1) is 5.40. The van der Waals surface area contributed by atoms with Crippen LogP contribution < -0.4 is 11.3 Å². The summed E-state index contributed by atoms with van der Waals surface area (Å²) in [6.45, 7) is 0. The van der Waals surface area contributed by atoms with Gasteiger partial charge in [0.2, 0.25) is 5.95 Å². The average Bonchev–Trinajstić information content (AvgIpc) is 2.46. The average molecular weight is 225 g/mol. The number of nitrogens with one attached hydrogen (secondary N) is 2. The van der Waals surface area contributed by atoms with E-state index in [0.717, 1.165) is 12.8 Å². The monoisotopic (exact) mass is 224 g/mol. The number of nitrogen functional groups attached to an aromatic ring is 1. The van der Waals surface area contributed by atoms with Gasteiger partial charge < -0.3 is 4.98 Å². The molecule has 0 saturated heterocycles. The van der Waals surface area contributed by atoms with Crippen molar-refractivity contribution in [3.8, 4) is 0 Å². The van der Waals surface area contributed by atoms with Crippen LogP contribution in [0.3, 0.4) is 0 Å². The number of nitrogens with two attached hydrogens (primary N) is 1. The summed E-state index contributed by atoms with van der Waals surface area (Å²) in [5.74, 6) is 5.91. The highest BCUT2D eigenvalue weighted by molar-refractivity contribution is 5.85. The number of aromatic amines is 1. The van der Waals surface area contributed by atoms with Crippen LogP contribution in [0, 0.1) is 0 Å². The van der Waals surface area contributed by atoms with Crippen molar-refractivity contribution in [1.82, 2.24) is 9.97 Å². The first-order valence-corrected chi connectivity index (χ1v) is 3.94. The van der Waals surface area contributed by atoms with Gasteiger partial charge in [-0.3, -0.25) is 5.43 Å². The second kappa shape index (κ2) is 5.32. The summed E-state index contributed by atoms with van der Waals surface area (Å²) in [5.41, 5.74) is 4.96. The number of hydrogen-bond donors (Lipinski definition) is 3. The van der Waals surface area contributed by atoms with Crippen molar-refractivity contribution in [2.45, 2.75) is 25.7 Å². The molecule has 0 spiro atoms. The molecule has 4 nitrogen and oxygen atoms in total. The lowest BCUT2D eigenvalue weighted by molar-refractivity contribution is 0.667. The molecule has 1 aliphatic rings. The highest BCUT2D eigenvalue weighted by Crippen LogP contribution is 2.19. The standard InChI is InChI=1S/C7H12N4.2ClH/c8-11-7-9-5-3-1-2-4-6(5)10-7;;/h1-4,8H2,(H2,9,10,11);2*1H. The van der Waals surface area contributed by atoms with Crippen molar-refractivity contribution in [2.75, 3.05) is 5.43 Å². The third kappa shape index (κ3) is 2.49. The lowest BCUT2D eigenvalue weighted by Crippen LogP contribution is -2.08. The second-order valence-corrected chi connectivity index (χ2v) is 2.86. The Kier molecular flexibility index (Phi) is 5.13. The summed E-state index contributed by atoms with van der Waals surface area (Å²) in [7, 11) is 0. The summed E-state index contributed by atoms with van der Waals surface area (Å²) >= 11 is 0. The summed E-state index contributed by atoms with van der Waals surface area (Å²) in [5, 5.41) is 0. The lowest BCUT2D eigenvalue weighted by Gasteiger charge is -2.07.